The third kappa shape index (κ3) is 16.4. The van der Waals surface area contributed by atoms with Crippen molar-refractivity contribution < 1.29 is 27.8 Å². The molecule has 0 bridgehead atoms. The lowest BCUT2D eigenvalue weighted by atomic mass is 10.2. The van der Waals surface area contributed by atoms with Crippen molar-refractivity contribution in [3.05, 3.63) is 118 Å². The van der Waals surface area contributed by atoms with Crippen LogP contribution in [-0.4, -0.2) is 33.4 Å². The summed E-state index contributed by atoms with van der Waals surface area (Å²) in [6.45, 7) is 11.0. The molecule has 0 saturated heterocycles. The Labute approximate surface area is 289 Å². The van der Waals surface area contributed by atoms with E-state index in [1.54, 1.807) is 90.1 Å². The van der Waals surface area contributed by atoms with Crippen LogP contribution in [0.3, 0.4) is 0 Å². The predicted molar refractivity (Wildman–Crippen MR) is 183 cm³/mol. The zero-order chi connectivity index (χ0) is 35.2. The van der Waals surface area contributed by atoms with E-state index < -0.39 is 23.4 Å². The number of benzene rings is 2. The summed E-state index contributed by atoms with van der Waals surface area (Å²) < 4.78 is 35.7. The molecule has 2 aromatic carbocycles. The van der Waals surface area contributed by atoms with Gasteiger partial charge in [-0.3, -0.25) is 10.2 Å². The molecular weight excluding hydrogens is 673 g/mol. The molecule has 1 N–H and O–H groups in total. The molecule has 8 nitrogen and oxygen atoms in total. The van der Waals surface area contributed by atoms with Gasteiger partial charge in [0.15, 0.2) is 0 Å². The molecule has 2 aromatic heterocycles. The average molecular weight is 710 g/mol. The highest BCUT2D eigenvalue weighted by Crippen LogP contribution is 2.23. The van der Waals surface area contributed by atoms with Gasteiger partial charge in [0, 0.05) is 24.0 Å². The van der Waals surface area contributed by atoms with E-state index in [9.17, 15) is 18.4 Å². The topological polar surface area (TPSA) is 93.6 Å². The summed E-state index contributed by atoms with van der Waals surface area (Å²) in [4.78, 5) is 33.0. The van der Waals surface area contributed by atoms with E-state index in [0.717, 1.165) is 11.1 Å². The van der Waals surface area contributed by atoms with E-state index in [1.165, 1.54) is 41.6 Å². The summed E-state index contributed by atoms with van der Waals surface area (Å²) >= 11 is 17.0. The largest absolute Gasteiger partial charge is 0.444 e. The number of carbonyl (C=O) groups is 2. The van der Waals surface area contributed by atoms with Gasteiger partial charge in [-0.25, -0.2) is 28.3 Å². The predicted octanol–water partition coefficient (Wildman–Crippen LogP) is 10.5. The molecule has 4 rings (SSSR count). The number of nitrogens with one attached hydrogen (secondary N) is 1. The first-order valence-electron chi connectivity index (χ1n) is 14.2. The molecule has 0 aliphatic rings. The van der Waals surface area contributed by atoms with Crippen LogP contribution in [0, 0.1) is 11.6 Å². The molecule has 0 radical (unpaired) electrons. The zero-order valence-corrected chi connectivity index (χ0v) is 29.1. The maximum atomic E-state index is 13.1. The summed E-state index contributed by atoms with van der Waals surface area (Å²) in [5.74, 6) is -0.103. The number of amides is 2. The maximum absolute atomic E-state index is 13.1. The van der Waals surface area contributed by atoms with E-state index in [-0.39, 0.29) is 23.3 Å². The summed E-state index contributed by atoms with van der Waals surface area (Å²) in [6, 6.07) is 18.5. The minimum Gasteiger partial charge on any atom is -0.444 e. The van der Waals surface area contributed by atoms with E-state index in [2.05, 4.69) is 15.3 Å². The third-order valence-electron chi connectivity index (χ3n) is 5.33. The Bertz CT molecular complexity index is 1580. The number of rotatable bonds is 5. The van der Waals surface area contributed by atoms with Gasteiger partial charge >= 0.3 is 12.2 Å². The molecule has 0 fully saturated rings. The molecule has 4 aromatic rings. The van der Waals surface area contributed by atoms with Crippen LogP contribution >= 0.6 is 34.8 Å². The molecule has 13 heteroatoms. The molecule has 0 aliphatic carbocycles. The monoisotopic (exact) mass is 708 g/mol. The Hall–Kier alpha value is -3.99. The molecule has 0 unspecified atom stereocenters. The summed E-state index contributed by atoms with van der Waals surface area (Å²) in [5, 5.41) is 3.15. The summed E-state index contributed by atoms with van der Waals surface area (Å²) in [5.41, 5.74) is 1.69. The standard InChI is InChI=1S/C17H18ClFN2O2.C10H13ClN2O2.C7H6ClF/c1-17(2,3)23-16(22)21(14-8-9-20-15(18)10-14)11-12-4-6-13(19)7-5-12;1-10(2,3)15-9(14)13-7-4-5-12-8(11)6-7;8-5-6-1-3-7(9)4-2-6/h4-10H,11H2,1-3H3;4-6H,1-3H3,(H,12,13,14);1-4H,5H2. The van der Waals surface area contributed by atoms with Crippen LogP contribution in [-0.2, 0) is 21.9 Å². The lowest BCUT2D eigenvalue weighted by Gasteiger charge is -2.27. The van der Waals surface area contributed by atoms with Gasteiger partial charge in [-0.2, -0.15) is 0 Å². The number of halogens is 5. The first kappa shape index (κ1) is 39.2. The van der Waals surface area contributed by atoms with E-state index in [0.29, 0.717) is 22.4 Å². The van der Waals surface area contributed by atoms with E-state index >= 15 is 0 Å². The number of ether oxygens (including phenoxy) is 2. The highest BCUT2D eigenvalue weighted by molar-refractivity contribution is 6.30. The second-order valence-electron chi connectivity index (χ2n) is 11.8. The second kappa shape index (κ2) is 18.4. The van der Waals surface area contributed by atoms with Gasteiger partial charge in [0.1, 0.15) is 33.1 Å². The van der Waals surface area contributed by atoms with Crippen LogP contribution in [0.25, 0.3) is 0 Å². The Morgan fingerprint density at radius 3 is 1.70 bits per heavy atom. The third-order valence-corrected chi connectivity index (χ3v) is 6.05. The van der Waals surface area contributed by atoms with Gasteiger partial charge in [0.25, 0.3) is 0 Å². The van der Waals surface area contributed by atoms with E-state index in [4.69, 9.17) is 44.3 Å². The average Bonchev–Trinajstić information content (AvgIpc) is 2.96. The SMILES string of the molecule is CC(C)(C)OC(=O)N(Cc1ccc(F)cc1)c1ccnc(Cl)c1.CC(C)(C)OC(=O)Nc1ccnc(Cl)c1.Fc1ccc(CCl)cc1. The number of nitrogens with zero attached hydrogens (tertiary/aromatic N) is 3. The fourth-order valence-corrected chi connectivity index (χ4v) is 3.91. The number of pyridine rings is 2. The Morgan fingerprint density at radius 1 is 0.745 bits per heavy atom. The Kier molecular flexibility index (Phi) is 15.3. The lowest BCUT2D eigenvalue weighted by molar-refractivity contribution is 0.0575. The Balaban J connectivity index is 0.000000273. The van der Waals surface area contributed by atoms with Crippen molar-refractivity contribution in [2.24, 2.45) is 0 Å². The normalized spacial score (nSPS) is 10.8. The molecule has 0 atom stereocenters. The summed E-state index contributed by atoms with van der Waals surface area (Å²) in [6.07, 6.45) is 2.00. The first-order valence-corrected chi connectivity index (χ1v) is 15.5. The zero-order valence-electron chi connectivity index (χ0n) is 26.9. The van der Waals surface area contributed by atoms with Crippen molar-refractivity contribution >= 4 is 58.4 Å². The molecule has 0 saturated carbocycles. The van der Waals surface area contributed by atoms with Crippen LogP contribution in [0.15, 0.2) is 85.2 Å². The number of alkyl halides is 1. The molecule has 252 valence electrons. The quantitative estimate of drug-likeness (QED) is 0.164. The number of carbonyl (C=O) groups excluding carboxylic acids is 2. The fraction of sp³-hybridized carbons (Fsp3) is 0.294. The van der Waals surface area contributed by atoms with Gasteiger partial charge in [-0.15, -0.1) is 11.6 Å². The van der Waals surface area contributed by atoms with E-state index in [1.807, 2.05) is 0 Å². The van der Waals surface area contributed by atoms with Gasteiger partial charge < -0.3 is 9.47 Å². The minimum atomic E-state index is -0.630. The highest BCUT2D eigenvalue weighted by atomic mass is 35.5. The number of anilines is 2. The van der Waals surface area contributed by atoms with Crippen molar-refractivity contribution in [2.75, 3.05) is 10.2 Å². The first-order chi connectivity index (χ1) is 21.9. The number of hydrogen-bond donors (Lipinski definition) is 1. The van der Waals surface area contributed by atoms with Crippen molar-refractivity contribution in [2.45, 2.75) is 65.2 Å². The van der Waals surface area contributed by atoms with Gasteiger partial charge in [0.2, 0.25) is 0 Å². The lowest BCUT2D eigenvalue weighted by Crippen LogP contribution is -2.36. The van der Waals surface area contributed by atoms with Crippen molar-refractivity contribution in [1.29, 1.82) is 0 Å². The maximum Gasteiger partial charge on any atom is 0.415 e. The number of aromatic nitrogens is 2. The van der Waals surface area contributed by atoms with Gasteiger partial charge in [-0.05, 0) is 101 Å². The second-order valence-corrected chi connectivity index (χ2v) is 12.8. The summed E-state index contributed by atoms with van der Waals surface area (Å²) in [7, 11) is 0. The molecule has 2 heterocycles. The highest BCUT2D eigenvalue weighted by Gasteiger charge is 2.24. The molecule has 0 aliphatic heterocycles. The molecule has 2 amide bonds. The molecular formula is C34H37Cl3F2N4O4. The van der Waals surface area contributed by atoms with Crippen molar-refractivity contribution in [3.63, 3.8) is 0 Å². The van der Waals surface area contributed by atoms with Crippen LogP contribution in [0.5, 0.6) is 0 Å². The van der Waals surface area contributed by atoms with Crippen molar-refractivity contribution in [3.8, 4) is 0 Å². The number of hydrogen-bond acceptors (Lipinski definition) is 6. The van der Waals surface area contributed by atoms with Crippen LogP contribution in [0.2, 0.25) is 10.3 Å². The van der Waals surface area contributed by atoms with Gasteiger partial charge in [0.05, 0.1) is 12.2 Å². The molecule has 47 heavy (non-hydrogen) atoms. The minimum absolute atomic E-state index is 0.219. The fourth-order valence-electron chi connectivity index (χ4n) is 3.39. The smallest absolute Gasteiger partial charge is 0.415 e. The van der Waals surface area contributed by atoms with Crippen LogP contribution < -0.4 is 10.2 Å². The van der Waals surface area contributed by atoms with Gasteiger partial charge in [-0.1, -0.05) is 47.5 Å². The van der Waals surface area contributed by atoms with Crippen LogP contribution in [0.4, 0.5) is 29.7 Å². The molecule has 0 spiro atoms. The Morgan fingerprint density at radius 2 is 1.23 bits per heavy atom. The van der Waals surface area contributed by atoms with Crippen LogP contribution in [0.1, 0.15) is 52.7 Å². The van der Waals surface area contributed by atoms with Crippen molar-refractivity contribution in [1.82, 2.24) is 9.97 Å².